The van der Waals surface area contributed by atoms with Crippen LogP contribution in [0.2, 0.25) is 0 Å². The average molecular weight is 283 g/mol. The van der Waals surface area contributed by atoms with Crippen molar-refractivity contribution < 1.29 is 9.84 Å². The van der Waals surface area contributed by atoms with Crippen molar-refractivity contribution in [3.05, 3.63) is 0 Å². The summed E-state index contributed by atoms with van der Waals surface area (Å²) < 4.78 is 6.37. The minimum atomic E-state index is -0.653. The van der Waals surface area contributed by atoms with Crippen LogP contribution in [-0.4, -0.2) is 35.5 Å². The van der Waals surface area contributed by atoms with Gasteiger partial charge in [0.05, 0.1) is 17.3 Å². The quantitative estimate of drug-likeness (QED) is 0.786. The van der Waals surface area contributed by atoms with Crippen molar-refractivity contribution in [1.82, 2.24) is 5.32 Å². The van der Waals surface area contributed by atoms with E-state index >= 15 is 0 Å². The molecule has 0 aromatic heterocycles. The van der Waals surface area contributed by atoms with Crippen molar-refractivity contribution in [3.63, 3.8) is 0 Å². The first-order chi connectivity index (χ1) is 9.41. The highest BCUT2D eigenvalue weighted by Gasteiger charge is 2.42. The topological polar surface area (TPSA) is 41.5 Å². The Morgan fingerprint density at radius 3 is 2.60 bits per heavy atom. The van der Waals surface area contributed by atoms with E-state index in [4.69, 9.17) is 4.74 Å². The van der Waals surface area contributed by atoms with Crippen LogP contribution in [0.4, 0.5) is 0 Å². The van der Waals surface area contributed by atoms with E-state index in [9.17, 15) is 5.11 Å². The Bertz CT molecular complexity index is 295. The molecule has 2 unspecified atom stereocenters. The zero-order valence-electron chi connectivity index (χ0n) is 13.6. The molecule has 1 heterocycles. The van der Waals surface area contributed by atoms with Crippen LogP contribution in [0.5, 0.6) is 0 Å². The zero-order chi connectivity index (χ0) is 14.6. The molecule has 2 N–H and O–H groups in total. The van der Waals surface area contributed by atoms with Gasteiger partial charge in [-0.05, 0) is 45.1 Å². The molecule has 0 bridgehead atoms. The van der Waals surface area contributed by atoms with E-state index in [0.29, 0.717) is 12.5 Å². The maximum Gasteiger partial charge on any atom is 0.0768 e. The van der Waals surface area contributed by atoms with Crippen molar-refractivity contribution in [2.45, 2.75) is 89.4 Å². The van der Waals surface area contributed by atoms with Crippen molar-refractivity contribution in [2.75, 3.05) is 13.1 Å². The predicted octanol–water partition coefficient (Wildman–Crippen LogP) is 3.26. The molecule has 2 fully saturated rings. The lowest BCUT2D eigenvalue weighted by Gasteiger charge is -2.34. The average Bonchev–Trinajstić information content (AvgIpc) is 2.71. The lowest BCUT2D eigenvalue weighted by molar-refractivity contribution is -0.0889. The summed E-state index contributed by atoms with van der Waals surface area (Å²) >= 11 is 0. The second-order valence-corrected chi connectivity index (χ2v) is 7.75. The second kappa shape index (κ2) is 6.76. The predicted molar refractivity (Wildman–Crippen MR) is 82.9 cm³/mol. The fraction of sp³-hybridized carbons (Fsp3) is 1.00. The van der Waals surface area contributed by atoms with Crippen molar-refractivity contribution in [1.29, 1.82) is 0 Å². The molecular formula is C17H33NO2. The Balaban J connectivity index is 1.75. The Hall–Kier alpha value is -0.120. The molecule has 3 nitrogen and oxygen atoms in total. The summed E-state index contributed by atoms with van der Waals surface area (Å²) in [6, 6.07) is 0. The van der Waals surface area contributed by atoms with Gasteiger partial charge >= 0.3 is 0 Å². The molecule has 1 spiro atoms. The molecule has 2 atom stereocenters. The first kappa shape index (κ1) is 16.3. The van der Waals surface area contributed by atoms with Gasteiger partial charge in [0.25, 0.3) is 0 Å². The summed E-state index contributed by atoms with van der Waals surface area (Å²) in [5, 5.41) is 13.9. The van der Waals surface area contributed by atoms with Crippen LogP contribution in [0.1, 0.15) is 72.1 Å². The highest BCUT2D eigenvalue weighted by Crippen LogP contribution is 2.43. The van der Waals surface area contributed by atoms with Gasteiger partial charge in [-0.2, -0.15) is 0 Å². The SMILES string of the molecule is CC(C)CNCC(C)(O)CC1CCC2(CCCCC2)O1. The molecule has 2 rings (SSSR count). The molecule has 3 heteroatoms. The van der Waals surface area contributed by atoms with E-state index in [0.717, 1.165) is 19.4 Å². The summed E-state index contributed by atoms with van der Waals surface area (Å²) in [7, 11) is 0. The van der Waals surface area contributed by atoms with Crippen molar-refractivity contribution >= 4 is 0 Å². The molecule has 0 aromatic carbocycles. The summed E-state index contributed by atoms with van der Waals surface area (Å²) in [5.41, 5.74) is -0.482. The maximum atomic E-state index is 10.5. The number of hydrogen-bond donors (Lipinski definition) is 2. The van der Waals surface area contributed by atoms with Crippen LogP contribution in [0, 0.1) is 5.92 Å². The van der Waals surface area contributed by atoms with Crippen LogP contribution in [0.15, 0.2) is 0 Å². The van der Waals surface area contributed by atoms with Gasteiger partial charge in [-0.1, -0.05) is 33.1 Å². The fourth-order valence-electron chi connectivity index (χ4n) is 3.80. The molecule has 1 aliphatic carbocycles. The Labute approximate surface area is 124 Å². The molecular weight excluding hydrogens is 250 g/mol. The van der Waals surface area contributed by atoms with Gasteiger partial charge in [0.2, 0.25) is 0 Å². The smallest absolute Gasteiger partial charge is 0.0768 e. The Morgan fingerprint density at radius 2 is 1.95 bits per heavy atom. The molecule has 1 saturated heterocycles. The summed E-state index contributed by atoms with van der Waals surface area (Å²) in [4.78, 5) is 0. The number of hydrogen-bond acceptors (Lipinski definition) is 3. The van der Waals surface area contributed by atoms with E-state index in [1.807, 2.05) is 6.92 Å². The standard InChI is InChI=1S/C17H33NO2/c1-14(2)12-18-13-16(3,19)11-15-7-10-17(20-15)8-5-4-6-9-17/h14-15,18-19H,4-13H2,1-3H3. The number of ether oxygens (including phenoxy) is 1. The fourth-order valence-corrected chi connectivity index (χ4v) is 3.80. The Kier molecular flexibility index (Phi) is 5.49. The molecule has 118 valence electrons. The van der Waals surface area contributed by atoms with Crippen LogP contribution in [-0.2, 0) is 4.74 Å². The third-order valence-electron chi connectivity index (χ3n) is 4.83. The van der Waals surface area contributed by atoms with Gasteiger partial charge in [0.1, 0.15) is 0 Å². The lowest BCUT2D eigenvalue weighted by atomic mass is 9.83. The number of aliphatic hydroxyl groups is 1. The number of rotatable bonds is 6. The molecule has 1 saturated carbocycles. The second-order valence-electron chi connectivity index (χ2n) is 7.75. The van der Waals surface area contributed by atoms with E-state index in [2.05, 4.69) is 19.2 Å². The van der Waals surface area contributed by atoms with Crippen molar-refractivity contribution in [2.24, 2.45) is 5.92 Å². The number of nitrogens with one attached hydrogen (secondary N) is 1. The Morgan fingerprint density at radius 1 is 1.25 bits per heavy atom. The molecule has 2 aliphatic rings. The van der Waals surface area contributed by atoms with Crippen LogP contribution in [0.25, 0.3) is 0 Å². The van der Waals surface area contributed by atoms with Gasteiger partial charge in [-0.3, -0.25) is 0 Å². The normalized spacial score (nSPS) is 28.9. The third kappa shape index (κ3) is 4.71. The molecule has 0 amide bonds. The highest BCUT2D eigenvalue weighted by atomic mass is 16.5. The molecule has 1 aliphatic heterocycles. The van der Waals surface area contributed by atoms with Crippen LogP contribution < -0.4 is 5.32 Å². The van der Waals surface area contributed by atoms with Gasteiger partial charge < -0.3 is 15.2 Å². The molecule has 20 heavy (non-hydrogen) atoms. The van der Waals surface area contributed by atoms with Crippen molar-refractivity contribution in [3.8, 4) is 0 Å². The largest absolute Gasteiger partial charge is 0.389 e. The highest BCUT2D eigenvalue weighted by molar-refractivity contribution is 4.93. The minimum absolute atomic E-state index is 0.171. The first-order valence-corrected chi connectivity index (χ1v) is 8.52. The van der Waals surface area contributed by atoms with E-state index in [1.54, 1.807) is 0 Å². The van der Waals surface area contributed by atoms with E-state index in [1.165, 1.54) is 38.5 Å². The third-order valence-corrected chi connectivity index (χ3v) is 4.83. The van der Waals surface area contributed by atoms with Gasteiger partial charge in [-0.15, -0.1) is 0 Å². The van der Waals surface area contributed by atoms with Crippen LogP contribution >= 0.6 is 0 Å². The van der Waals surface area contributed by atoms with E-state index < -0.39 is 5.60 Å². The zero-order valence-corrected chi connectivity index (χ0v) is 13.6. The molecule has 0 radical (unpaired) electrons. The summed E-state index contributed by atoms with van der Waals surface area (Å²) in [6.07, 6.45) is 9.82. The summed E-state index contributed by atoms with van der Waals surface area (Å²) in [5.74, 6) is 0.624. The lowest BCUT2D eigenvalue weighted by Crippen LogP contribution is -2.42. The first-order valence-electron chi connectivity index (χ1n) is 8.52. The van der Waals surface area contributed by atoms with E-state index in [-0.39, 0.29) is 11.7 Å². The monoisotopic (exact) mass is 283 g/mol. The van der Waals surface area contributed by atoms with Crippen LogP contribution in [0.3, 0.4) is 0 Å². The molecule has 0 aromatic rings. The maximum absolute atomic E-state index is 10.5. The van der Waals surface area contributed by atoms with Gasteiger partial charge in [0, 0.05) is 13.0 Å². The summed E-state index contributed by atoms with van der Waals surface area (Å²) in [6.45, 7) is 7.95. The van der Waals surface area contributed by atoms with Gasteiger partial charge in [0.15, 0.2) is 0 Å². The van der Waals surface area contributed by atoms with Gasteiger partial charge in [-0.25, -0.2) is 0 Å². The minimum Gasteiger partial charge on any atom is -0.389 e.